The highest BCUT2D eigenvalue weighted by Crippen LogP contribution is 2.23. The van der Waals surface area contributed by atoms with Crippen molar-refractivity contribution in [2.45, 2.75) is 25.8 Å². The van der Waals surface area contributed by atoms with Gasteiger partial charge in [0, 0.05) is 17.7 Å². The number of nitro groups is 1. The van der Waals surface area contributed by atoms with Crippen LogP contribution in [0.1, 0.15) is 31.6 Å². The van der Waals surface area contributed by atoms with Crippen molar-refractivity contribution in [3.63, 3.8) is 0 Å². The molecular weight excluding hydrogens is 248 g/mol. The summed E-state index contributed by atoms with van der Waals surface area (Å²) in [5.41, 5.74) is 6.37. The number of nitrogens with zero attached hydrogens (tertiary/aromatic N) is 3. The molecule has 1 atom stereocenters. The summed E-state index contributed by atoms with van der Waals surface area (Å²) in [5, 5.41) is 14.5. The molecule has 0 aliphatic heterocycles. The Morgan fingerprint density at radius 1 is 1.53 bits per heavy atom. The second kappa shape index (κ2) is 5.57. The molecule has 100 valence electrons. The lowest BCUT2D eigenvalue weighted by molar-refractivity contribution is -0.384. The maximum atomic E-state index is 10.7. The van der Waals surface area contributed by atoms with E-state index >= 15 is 0 Å². The van der Waals surface area contributed by atoms with Crippen molar-refractivity contribution in [3.05, 3.63) is 40.2 Å². The highest BCUT2D eigenvalue weighted by Gasteiger charge is 2.16. The van der Waals surface area contributed by atoms with E-state index in [4.69, 9.17) is 10.3 Å². The molecule has 2 aromatic rings. The van der Waals surface area contributed by atoms with Gasteiger partial charge in [-0.15, -0.1) is 0 Å². The van der Waals surface area contributed by atoms with Crippen LogP contribution in [0.4, 0.5) is 5.69 Å². The van der Waals surface area contributed by atoms with Crippen molar-refractivity contribution in [2.24, 2.45) is 5.73 Å². The van der Waals surface area contributed by atoms with Gasteiger partial charge < -0.3 is 10.3 Å². The smallest absolute Gasteiger partial charge is 0.270 e. The molecule has 7 nitrogen and oxygen atoms in total. The molecule has 1 aromatic carbocycles. The Hall–Kier alpha value is -2.28. The molecule has 0 bridgehead atoms. The molecule has 0 spiro atoms. The predicted octanol–water partition coefficient (Wildman–Crippen LogP) is 2.44. The lowest BCUT2D eigenvalue weighted by Gasteiger charge is -2.02. The van der Waals surface area contributed by atoms with E-state index in [0.29, 0.717) is 11.4 Å². The highest BCUT2D eigenvalue weighted by atomic mass is 16.6. The van der Waals surface area contributed by atoms with E-state index < -0.39 is 4.92 Å². The van der Waals surface area contributed by atoms with Crippen LogP contribution in [-0.4, -0.2) is 15.1 Å². The van der Waals surface area contributed by atoms with E-state index in [0.717, 1.165) is 12.8 Å². The van der Waals surface area contributed by atoms with Crippen molar-refractivity contribution in [1.82, 2.24) is 10.1 Å². The zero-order chi connectivity index (χ0) is 13.8. The summed E-state index contributed by atoms with van der Waals surface area (Å²) in [4.78, 5) is 14.4. The number of rotatable bonds is 5. The molecule has 2 rings (SSSR count). The Morgan fingerprint density at radius 2 is 2.32 bits per heavy atom. The first kappa shape index (κ1) is 13.2. The van der Waals surface area contributed by atoms with Gasteiger partial charge in [0.2, 0.25) is 0 Å². The molecule has 0 amide bonds. The van der Waals surface area contributed by atoms with Crippen LogP contribution < -0.4 is 5.73 Å². The molecule has 1 unspecified atom stereocenters. The normalized spacial score (nSPS) is 12.3. The first-order valence-electron chi connectivity index (χ1n) is 5.96. The van der Waals surface area contributed by atoms with Crippen LogP contribution in [0.25, 0.3) is 11.5 Å². The topological polar surface area (TPSA) is 108 Å². The molecule has 1 heterocycles. The van der Waals surface area contributed by atoms with E-state index in [2.05, 4.69) is 10.1 Å². The highest BCUT2D eigenvalue weighted by molar-refractivity contribution is 5.57. The quantitative estimate of drug-likeness (QED) is 0.654. The Kier molecular flexibility index (Phi) is 3.86. The number of hydrogen-bond acceptors (Lipinski definition) is 6. The van der Waals surface area contributed by atoms with Gasteiger partial charge in [-0.05, 0) is 12.5 Å². The van der Waals surface area contributed by atoms with Crippen molar-refractivity contribution < 1.29 is 9.45 Å². The van der Waals surface area contributed by atoms with E-state index in [9.17, 15) is 10.1 Å². The average Bonchev–Trinajstić information content (AvgIpc) is 2.89. The van der Waals surface area contributed by atoms with Gasteiger partial charge in [-0.1, -0.05) is 24.6 Å². The molecule has 0 aliphatic rings. The second-order valence-electron chi connectivity index (χ2n) is 4.16. The summed E-state index contributed by atoms with van der Waals surface area (Å²) >= 11 is 0. The summed E-state index contributed by atoms with van der Waals surface area (Å²) in [7, 11) is 0. The number of benzene rings is 1. The van der Waals surface area contributed by atoms with Gasteiger partial charge in [-0.2, -0.15) is 4.98 Å². The van der Waals surface area contributed by atoms with Gasteiger partial charge in [0.1, 0.15) is 0 Å². The zero-order valence-electron chi connectivity index (χ0n) is 10.4. The fourth-order valence-electron chi connectivity index (χ4n) is 1.70. The van der Waals surface area contributed by atoms with Gasteiger partial charge in [0.15, 0.2) is 5.82 Å². The van der Waals surface area contributed by atoms with E-state index in [1.165, 1.54) is 12.1 Å². The van der Waals surface area contributed by atoms with Crippen molar-refractivity contribution in [1.29, 1.82) is 0 Å². The van der Waals surface area contributed by atoms with Crippen LogP contribution in [0.3, 0.4) is 0 Å². The lowest BCUT2D eigenvalue weighted by Crippen LogP contribution is -2.11. The predicted molar refractivity (Wildman–Crippen MR) is 68.2 cm³/mol. The zero-order valence-corrected chi connectivity index (χ0v) is 10.4. The van der Waals surface area contributed by atoms with Crippen molar-refractivity contribution in [3.8, 4) is 11.5 Å². The number of nitrogens with two attached hydrogens (primary N) is 1. The summed E-state index contributed by atoms with van der Waals surface area (Å²) in [6, 6.07) is 5.77. The number of non-ortho nitro benzene ring substituents is 1. The monoisotopic (exact) mass is 262 g/mol. The lowest BCUT2D eigenvalue weighted by atomic mass is 10.1. The summed E-state index contributed by atoms with van der Waals surface area (Å²) < 4.78 is 5.09. The van der Waals surface area contributed by atoms with Crippen LogP contribution in [0.15, 0.2) is 28.8 Å². The third-order valence-electron chi connectivity index (χ3n) is 2.68. The summed E-state index contributed by atoms with van der Waals surface area (Å²) in [6.07, 6.45) is 1.68. The Labute approximate surface area is 109 Å². The minimum absolute atomic E-state index is 0.0184. The number of hydrogen-bond donors (Lipinski definition) is 1. The first-order valence-corrected chi connectivity index (χ1v) is 5.96. The Bertz CT molecular complexity index is 582. The fraction of sp³-hybridized carbons (Fsp3) is 0.333. The molecule has 1 aromatic heterocycles. The third kappa shape index (κ3) is 2.94. The van der Waals surface area contributed by atoms with E-state index in [1.54, 1.807) is 12.1 Å². The molecule has 0 aliphatic carbocycles. The largest absolute Gasteiger partial charge is 0.334 e. The van der Waals surface area contributed by atoms with E-state index in [1.807, 2.05) is 6.92 Å². The van der Waals surface area contributed by atoms with Gasteiger partial charge in [0.25, 0.3) is 11.6 Å². The molecule has 7 heteroatoms. The molecule has 0 saturated heterocycles. The second-order valence-corrected chi connectivity index (χ2v) is 4.16. The Balaban J connectivity index is 2.27. The summed E-state index contributed by atoms with van der Waals surface area (Å²) in [6.45, 7) is 2.02. The fourth-order valence-corrected chi connectivity index (χ4v) is 1.70. The van der Waals surface area contributed by atoms with Crippen LogP contribution in [0, 0.1) is 10.1 Å². The molecular formula is C12H14N4O3. The van der Waals surface area contributed by atoms with Gasteiger partial charge in [-0.25, -0.2) is 0 Å². The standard InChI is InChI=1S/C12H14N4O3/c1-2-4-10(13)11-14-12(19-15-11)8-5-3-6-9(7-8)16(17)18/h3,5-7,10H,2,4,13H2,1H3. The van der Waals surface area contributed by atoms with Crippen LogP contribution in [-0.2, 0) is 0 Å². The molecule has 0 fully saturated rings. The maximum absolute atomic E-state index is 10.7. The Morgan fingerprint density at radius 3 is 3.00 bits per heavy atom. The summed E-state index contributed by atoms with van der Waals surface area (Å²) in [5.74, 6) is 0.661. The molecule has 19 heavy (non-hydrogen) atoms. The maximum Gasteiger partial charge on any atom is 0.270 e. The van der Waals surface area contributed by atoms with E-state index in [-0.39, 0.29) is 17.6 Å². The van der Waals surface area contributed by atoms with Gasteiger partial charge in [0.05, 0.1) is 11.0 Å². The number of aromatic nitrogens is 2. The van der Waals surface area contributed by atoms with Crippen LogP contribution >= 0.6 is 0 Å². The van der Waals surface area contributed by atoms with Crippen molar-refractivity contribution >= 4 is 5.69 Å². The first-order chi connectivity index (χ1) is 9.11. The third-order valence-corrected chi connectivity index (χ3v) is 2.68. The van der Waals surface area contributed by atoms with Crippen LogP contribution in [0.5, 0.6) is 0 Å². The number of nitro benzene ring substituents is 1. The van der Waals surface area contributed by atoms with Crippen molar-refractivity contribution in [2.75, 3.05) is 0 Å². The minimum Gasteiger partial charge on any atom is -0.334 e. The molecule has 0 saturated carbocycles. The average molecular weight is 262 g/mol. The van der Waals surface area contributed by atoms with Crippen LogP contribution in [0.2, 0.25) is 0 Å². The minimum atomic E-state index is -0.469. The molecule has 0 radical (unpaired) electrons. The molecule has 2 N–H and O–H groups in total. The SMILES string of the molecule is CCCC(N)c1noc(-c2cccc([N+](=O)[O-])c2)n1. The van der Waals surface area contributed by atoms with Gasteiger partial charge >= 0.3 is 0 Å². The van der Waals surface area contributed by atoms with Gasteiger partial charge in [-0.3, -0.25) is 10.1 Å².